The van der Waals surface area contributed by atoms with Gasteiger partial charge >= 0.3 is 0 Å². The molecule has 0 aliphatic heterocycles. The number of hydrogen-bond donors (Lipinski definition) is 1. The number of thioether (sulfide) groups is 1. The predicted octanol–water partition coefficient (Wildman–Crippen LogP) is 3.93. The maximum absolute atomic E-state index is 3.77. The Morgan fingerprint density at radius 1 is 1.31 bits per heavy atom. The minimum atomic E-state index is 0.771. The van der Waals surface area contributed by atoms with E-state index < -0.39 is 0 Å². The van der Waals surface area contributed by atoms with E-state index in [4.69, 9.17) is 0 Å². The lowest BCUT2D eigenvalue weighted by molar-refractivity contribution is 0.234. The summed E-state index contributed by atoms with van der Waals surface area (Å²) < 4.78 is 0. The molecular weight excluding hydrogens is 214 g/mol. The minimum absolute atomic E-state index is 0.771. The quantitative estimate of drug-likeness (QED) is 0.727. The van der Waals surface area contributed by atoms with Gasteiger partial charge in [-0.05, 0) is 43.4 Å². The molecule has 0 spiro atoms. The van der Waals surface area contributed by atoms with Crippen LogP contribution in [0.15, 0.2) is 0 Å². The third-order valence-corrected chi connectivity index (χ3v) is 4.71. The van der Waals surface area contributed by atoms with Gasteiger partial charge < -0.3 is 5.32 Å². The molecule has 0 heterocycles. The maximum Gasteiger partial charge on any atom is 0.0186 e. The Hall–Kier alpha value is 0.310. The van der Waals surface area contributed by atoms with Crippen molar-refractivity contribution in [2.45, 2.75) is 58.9 Å². The fourth-order valence-corrected chi connectivity index (χ4v) is 3.66. The normalized spacial score (nSPS) is 27.9. The smallest absolute Gasteiger partial charge is 0.0186 e. The van der Waals surface area contributed by atoms with E-state index >= 15 is 0 Å². The standard InChI is InChI=1S/C14H29NS/c1-4-9-15-14(11-16-5-2)13-8-6-7-12(3)10-13/h12-15H,4-11H2,1-3H3. The molecule has 0 aromatic heterocycles. The summed E-state index contributed by atoms with van der Waals surface area (Å²) in [6.07, 6.45) is 7.07. The lowest BCUT2D eigenvalue weighted by atomic mass is 9.79. The predicted molar refractivity (Wildman–Crippen MR) is 76.2 cm³/mol. The molecule has 0 aromatic rings. The minimum Gasteiger partial charge on any atom is -0.313 e. The zero-order valence-electron chi connectivity index (χ0n) is 11.3. The Morgan fingerprint density at radius 2 is 2.12 bits per heavy atom. The molecular formula is C14H29NS. The van der Waals surface area contributed by atoms with Gasteiger partial charge in [0, 0.05) is 11.8 Å². The van der Waals surface area contributed by atoms with Crippen molar-refractivity contribution in [3.63, 3.8) is 0 Å². The van der Waals surface area contributed by atoms with Crippen LogP contribution in [0.25, 0.3) is 0 Å². The van der Waals surface area contributed by atoms with Crippen molar-refractivity contribution in [3.8, 4) is 0 Å². The molecule has 3 atom stereocenters. The first-order valence-electron chi connectivity index (χ1n) is 7.09. The van der Waals surface area contributed by atoms with E-state index in [9.17, 15) is 0 Å². The molecule has 96 valence electrons. The number of hydrogen-bond acceptors (Lipinski definition) is 2. The van der Waals surface area contributed by atoms with E-state index in [1.54, 1.807) is 0 Å². The summed E-state index contributed by atoms with van der Waals surface area (Å²) in [6, 6.07) is 0.771. The van der Waals surface area contributed by atoms with Crippen molar-refractivity contribution >= 4 is 11.8 Å². The Morgan fingerprint density at radius 3 is 2.75 bits per heavy atom. The van der Waals surface area contributed by atoms with Gasteiger partial charge in [-0.25, -0.2) is 0 Å². The maximum atomic E-state index is 3.77. The van der Waals surface area contributed by atoms with Gasteiger partial charge in [0.1, 0.15) is 0 Å². The molecule has 0 aromatic carbocycles. The Balaban J connectivity index is 2.38. The van der Waals surface area contributed by atoms with Crippen molar-refractivity contribution in [3.05, 3.63) is 0 Å². The van der Waals surface area contributed by atoms with Crippen LogP contribution in [0.3, 0.4) is 0 Å². The first kappa shape index (κ1) is 14.4. The summed E-state index contributed by atoms with van der Waals surface area (Å²) in [5.41, 5.74) is 0. The Bertz CT molecular complexity index is 164. The molecule has 2 heteroatoms. The molecule has 1 rings (SSSR count). The van der Waals surface area contributed by atoms with Gasteiger partial charge in [0.2, 0.25) is 0 Å². The lowest BCUT2D eigenvalue weighted by Crippen LogP contribution is -2.40. The first-order chi connectivity index (χ1) is 7.77. The number of nitrogens with one attached hydrogen (secondary N) is 1. The van der Waals surface area contributed by atoms with Crippen LogP contribution in [0.5, 0.6) is 0 Å². The fraction of sp³-hybridized carbons (Fsp3) is 1.00. The molecule has 0 amide bonds. The average Bonchev–Trinajstić information content (AvgIpc) is 2.29. The molecule has 3 unspecified atom stereocenters. The summed E-state index contributed by atoms with van der Waals surface area (Å²) in [5.74, 6) is 4.46. The highest BCUT2D eigenvalue weighted by Crippen LogP contribution is 2.31. The van der Waals surface area contributed by atoms with Gasteiger partial charge in [0.05, 0.1) is 0 Å². The Kier molecular flexibility index (Phi) is 7.55. The molecule has 1 N–H and O–H groups in total. The second-order valence-corrected chi connectivity index (χ2v) is 6.57. The van der Waals surface area contributed by atoms with Crippen LogP contribution in [-0.4, -0.2) is 24.1 Å². The lowest BCUT2D eigenvalue weighted by Gasteiger charge is -2.33. The van der Waals surface area contributed by atoms with Crippen LogP contribution in [-0.2, 0) is 0 Å². The molecule has 1 saturated carbocycles. The van der Waals surface area contributed by atoms with E-state index in [2.05, 4.69) is 37.8 Å². The number of rotatable bonds is 7. The van der Waals surface area contributed by atoms with Crippen LogP contribution in [0.2, 0.25) is 0 Å². The van der Waals surface area contributed by atoms with Crippen molar-refractivity contribution in [1.82, 2.24) is 5.32 Å². The summed E-state index contributed by atoms with van der Waals surface area (Å²) in [6.45, 7) is 8.15. The van der Waals surface area contributed by atoms with Gasteiger partial charge in [0.15, 0.2) is 0 Å². The molecule has 0 radical (unpaired) electrons. The topological polar surface area (TPSA) is 12.0 Å². The summed E-state index contributed by atoms with van der Waals surface area (Å²) in [4.78, 5) is 0. The largest absolute Gasteiger partial charge is 0.313 e. The first-order valence-corrected chi connectivity index (χ1v) is 8.24. The second kappa shape index (κ2) is 8.41. The van der Waals surface area contributed by atoms with Crippen molar-refractivity contribution in [2.24, 2.45) is 11.8 Å². The summed E-state index contributed by atoms with van der Waals surface area (Å²) in [5, 5.41) is 3.77. The van der Waals surface area contributed by atoms with Gasteiger partial charge in [-0.2, -0.15) is 11.8 Å². The third-order valence-electron chi connectivity index (χ3n) is 3.70. The van der Waals surface area contributed by atoms with Gasteiger partial charge in [-0.3, -0.25) is 0 Å². The van der Waals surface area contributed by atoms with Crippen LogP contribution in [0.1, 0.15) is 52.9 Å². The Labute approximate surface area is 106 Å². The highest BCUT2D eigenvalue weighted by molar-refractivity contribution is 7.99. The third kappa shape index (κ3) is 5.09. The molecule has 0 bridgehead atoms. The van der Waals surface area contributed by atoms with Crippen LogP contribution in [0.4, 0.5) is 0 Å². The fourth-order valence-electron chi connectivity index (χ4n) is 2.78. The van der Waals surface area contributed by atoms with E-state index in [1.165, 1.54) is 50.2 Å². The van der Waals surface area contributed by atoms with Gasteiger partial charge in [-0.1, -0.05) is 33.6 Å². The van der Waals surface area contributed by atoms with Crippen molar-refractivity contribution in [1.29, 1.82) is 0 Å². The zero-order chi connectivity index (χ0) is 11.8. The van der Waals surface area contributed by atoms with E-state index in [-0.39, 0.29) is 0 Å². The molecule has 1 aliphatic carbocycles. The van der Waals surface area contributed by atoms with Crippen molar-refractivity contribution in [2.75, 3.05) is 18.1 Å². The van der Waals surface area contributed by atoms with Gasteiger partial charge in [0.25, 0.3) is 0 Å². The van der Waals surface area contributed by atoms with Crippen LogP contribution >= 0.6 is 11.8 Å². The highest BCUT2D eigenvalue weighted by atomic mass is 32.2. The summed E-state index contributed by atoms with van der Waals surface area (Å²) >= 11 is 2.10. The van der Waals surface area contributed by atoms with Crippen LogP contribution in [0, 0.1) is 11.8 Å². The zero-order valence-corrected chi connectivity index (χ0v) is 12.1. The average molecular weight is 243 g/mol. The molecule has 0 saturated heterocycles. The van der Waals surface area contributed by atoms with E-state index in [0.29, 0.717) is 0 Å². The summed E-state index contributed by atoms with van der Waals surface area (Å²) in [7, 11) is 0. The highest BCUT2D eigenvalue weighted by Gasteiger charge is 2.25. The monoisotopic (exact) mass is 243 g/mol. The van der Waals surface area contributed by atoms with Gasteiger partial charge in [-0.15, -0.1) is 0 Å². The SMILES string of the molecule is CCCNC(CSCC)C1CCCC(C)C1. The molecule has 1 aliphatic rings. The van der Waals surface area contributed by atoms with Crippen molar-refractivity contribution < 1.29 is 0 Å². The molecule has 16 heavy (non-hydrogen) atoms. The van der Waals surface area contributed by atoms with E-state index in [1.807, 2.05) is 0 Å². The second-order valence-electron chi connectivity index (χ2n) is 5.25. The van der Waals surface area contributed by atoms with E-state index in [0.717, 1.165) is 17.9 Å². The molecule has 1 nitrogen and oxygen atoms in total. The molecule has 1 fully saturated rings. The van der Waals surface area contributed by atoms with Crippen LogP contribution < -0.4 is 5.32 Å².